The van der Waals surface area contributed by atoms with Gasteiger partial charge in [-0.3, -0.25) is 4.98 Å². The Morgan fingerprint density at radius 1 is 0.929 bits per heavy atom. The Bertz CT molecular complexity index is 896. The van der Waals surface area contributed by atoms with Gasteiger partial charge in [0.25, 0.3) is 0 Å². The van der Waals surface area contributed by atoms with Crippen LogP contribution in [-0.4, -0.2) is 45.0 Å². The lowest BCUT2D eigenvalue weighted by Gasteiger charge is -2.40. The normalized spacial score (nSPS) is 14.6. The van der Waals surface area contributed by atoms with Crippen LogP contribution >= 0.6 is 0 Å². The fraction of sp³-hybridized carbons (Fsp3) is 0.381. The van der Waals surface area contributed by atoms with Crippen molar-refractivity contribution in [3.05, 3.63) is 54.5 Å². The average molecular weight is 375 g/mol. The zero-order valence-electron chi connectivity index (χ0n) is 16.5. The minimum absolute atomic E-state index is 0.0218. The molecule has 0 bridgehead atoms. The van der Waals surface area contributed by atoms with Crippen LogP contribution in [0.15, 0.2) is 48.8 Å². The third kappa shape index (κ3) is 4.08. The van der Waals surface area contributed by atoms with E-state index in [1.807, 2.05) is 36.4 Å². The van der Waals surface area contributed by atoms with E-state index in [0.29, 0.717) is 5.92 Å². The Kier molecular flexibility index (Phi) is 4.90. The van der Waals surface area contributed by atoms with Crippen LogP contribution < -0.4 is 10.2 Å². The molecule has 7 nitrogen and oxygen atoms in total. The maximum Gasteiger partial charge on any atom is 0.151 e. The first-order valence-corrected chi connectivity index (χ1v) is 9.56. The fourth-order valence-corrected chi connectivity index (χ4v) is 3.13. The Labute approximate surface area is 165 Å². The van der Waals surface area contributed by atoms with E-state index in [1.54, 1.807) is 12.4 Å². The van der Waals surface area contributed by atoms with Gasteiger partial charge in [0.05, 0.1) is 11.4 Å². The molecule has 7 heteroatoms. The molecular weight excluding hydrogens is 350 g/mol. The van der Waals surface area contributed by atoms with Crippen molar-refractivity contribution in [1.29, 1.82) is 0 Å². The predicted molar refractivity (Wildman–Crippen MR) is 110 cm³/mol. The van der Waals surface area contributed by atoms with Gasteiger partial charge in [0.2, 0.25) is 0 Å². The van der Waals surface area contributed by atoms with Crippen molar-refractivity contribution < 1.29 is 0 Å². The lowest BCUT2D eigenvalue weighted by Crippen LogP contribution is -2.50. The molecule has 0 aromatic carbocycles. The van der Waals surface area contributed by atoms with Gasteiger partial charge < -0.3 is 10.2 Å². The van der Waals surface area contributed by atoms with Gasteiger partial charge in [0, 0.05) is 48.9 Å². The van der Waals surface area contributed by atoms with E-state index < -0.39 is 0 Å². The van der Waals surface area contributed by atoms with Crippen LogP contribution in [0, 0.1) is 5.92 Å². The predicted octanol–water partition coefficient (Wildman–Crippen LogP) is 3.17. The van der Waals surface area contributed by atoms with Crippen LogP contribution in [0.4, 0.5) is 11.6 Å². The number of aromatic nitrogens is 5. The maximum atomic E-state index is 4.38. The van der Waals surface area contributed by atoms with Crippen LogP contribution in [0.1, 0.15) is 26.5 Å². The number of nitrogens with one attached hydrogen (secondary N) is 1. The Morgan fingerprint density at radius 3 is 2.32 bits per heavy atom. The molecule has 4 heterocycles. The van der Waals surface area contributed by atoms with Crippen molar-refractivity contribution in [3.8, 4) is 11.3 Å². The molecule has 0 spiro atoms. The quantitative estimate of drug-likeness (QED) is 0.733. The lowest BCUT2D eigenvalue weighted by molar-refractivity contribution is 0.425. The molecule has 28 heavy (non-hydrogen) atoms. The van der Waals surface area contributed by atoms with E-state index in [0.717, 1.165) is 48.2 Å². The summed E-state index contributed by atoms with van der Waals surface area (Å²) in [5.41, 5.74) is 2.91. The zero-order valence-corrected chi connectivity index (χ0v) is 16.5. The van der Waals surface area contributed by atoms with E-state index in [1.165, 1.54) is 0 Å². The van der Waals surface area contributed by atoms with Crippen LogP contribution in [-0.2, 0) is 5.41 Å². The van der Waals surface area contributed by atoms with Crippen molar-refractivity contribution in [3.63, 3.8) is 0 Å². The Morgan fingerprint density at radius 2 is 1.71 bits per heavy atom. The lowest BCUT2D eigenvalue weighted by atomic mass is 9.92. The van der Waals surface area contributed by atoms with Gasteiger partial charge in [-0.1, -0.05) is 20.8 Å². The van der Waals surface area contributed by atoms with Crippen LogP contribution in [0.2, 0.25) is 0 Å². The molecule has 0 unspecified atom stereocenters. The van der Waals surface area contributed by atoms with Gasteiger partial charge >= 0.3 is 0 Å². The summed E-state index contributed by atoms with van der Waals surface area (Å²) in [7, 11) is 0. The molecule has 0 atom stereocenters. The summed E-state index contributed by atoms with van der Waals surface area (Å²) in [6, 6.07) is 12.0. The second-order valence-electron chi connectivity index (χ2n) is 8.22. The molecule has 144 valence electrons. The second kappa shape index (κ2) is 7.50. The SMILES string of the molecule is CC(C)(C)c1ccc(NCC2CN(c3ccc(-c4ccncc4)nn3)C2)nn1. The van der Waals surface area contributed by atoms with E-state index in [9.17, 15) is 0 Å². The molecule has 3 aromatic heterocycles. The minimum atomic E-state index is 0.0218. The summed E-state index contributed by atoms with van der Waals surface area (Å²) in [4.78, 5) is 6.27. The van der Waals surface area contributed by atoms with Gasteiger partial charge in [-0.2, -0.15) is 5.10 Å². The van der Waals surface area contributed by atoms with E-state index >= 15 is 0 Å². The number of nitrogens with zero attached hydrogens (tertiary/aromatic N) is 6. The summed E-state index contributed by atoms with van der Waals surface area (Å²) in [6.45, 7) is 9.22. The van der Waals surface area contributed by atoms with Gasteiger partial charge in [-0.15, -0.1) is 15.3 Å². The summed E-state index contributed by atoms with van der Waals surface area (Å²) in [6.07, 6.45) is 3.53. The molecule has 0 saturated carbocycles. The largest absolute Gasteiger partial charge is 0.368 e. The number of rotatable bonds is 5. The summed E-state index contributed by atoms with van der Waals surface area (Å²) in [5, 5.41) is 20.7. The highest BCUT2D eigenvalue weighted by Gasteiger charge is 2.28. The Balaban J connectivity index is 1.27. The minimum Gasteiger partial charge on any atom is -0.368 e. The van der Waals surface area contributed by atoms with E-state index in [-0.39, 0.29) is 5.41 Å². The maximum absolute atomic E-state index is 4.38. The first-order chi connectivity index (χ1) is 13.5. The number of anilines is 2. The van der Waals surface area contributed by atoms with Gasteiger partial charge in [-0.25, -0.2) is 0 Å². The first-order valence-electron chi connectivity index (χ1n) is 9.56. The molecular formula is C21H25N7. The third-order valence-corrected chi connectivity index (χ3v) is 4.91. The standard InChI is InChI=1S/C21H25N7/c1-21(2,3)18-5-6-19(26-25-18)23-12-15-13-28(14-15)20-7-4-17(24-27-20)16-8-10-22-11-9-16/h4-11,15H,12-14H2,1-3H3,(H,23,26). The number of hydrogen-bond donors (Lipinski definition) is 1. The smallest absolute Gasteiger partial charge is 0.151 e. The van der Waals surface area contributed by atoms with E-state index in [2.05, 4.69) is 56.4 Å². The van der Waals surface area contributed by atoms with Crippen molar-refractivity contribution in [1.82, 2.24) is 25.4 Å². The third-order valence-electron chi connectivity index (χ3n) is 4.91. The molecule has 0 amide bonds. The molecule has 1 N–H and O–H groups in total. The monoisotopic (exact) mass is 375 g/mol. The van der Waals surface area contributed by atoms with Gasteiger partial charge in [0.15, 0.2) is 5.82 Å². The van der Waals surface area contributed by atoms with Crippen LogP contribution in [0.25, 0.3) is 11.3 Å². The molecule has 1 aliphatic rings. The van der Waals surface area contributed by atoms with Gasteiger partial charge in [-0.05, 0) is 36.4 Å². The van der Waals surface area contributed by atoms with Crippen molar-refractivity contribution in [2.45, 2.75) is 26.2 Å². The molecule has 1 fully saturated rings. The molecule has 0 aliphatic carbocycles. The topological polar surface area (TPSA) is 79.7 Å². The van der Waals surface area contributed by atoms with Crippen molar-refractivity contribution in [2.75, 3.05) is 29.9 Å². The summed E-state index contributed by atoms with van der Waals surface area (Å²) in [5.74, 6) is 2.31. The molecule has 4 rings (SSSR count). The average Bonchev–Trinajstić information content (AvgIpc) is 2.68. The molecule has 1 saturated heterocycles. The number of hydrogen-bond acceptors (Lipinski definition) is 7. The highest BCUT2D eigenvalue weighted by atomic mass is 15.3. The highest BCUT2D eigenvalue weighted by molar-refractivity contribution is 5.59. The van der Waals surface area contributed by atoms with Crippen LogP contribution in [0.3, 0.4) is 0 Å². The van der Waals surface area contributed by atoms with Crippen LogP contribution in [0.5, 0.6) is 0 Å². The summed E-state index contributed by atoms with van der Waals surface area (Å²) >= 11 is 0. The second-order valence-corrected chi connectivity index (χ2v) is 8.22. The number of pyridine rings is 1. The fourth-order valence-electron chi connectivity index (χ4n) is 3.13. The molecule has 1 aliphatic heterocycles. The van der Waals surface area contributed by atoms with Crippen molar-refractivity contribution in [2.24, 2.45) is 5.92 Å². The Hall–Kier alpha value is -3.09. The molecule has 0 radical (unpaired) electrons. The highest BCUT2D eigenvalue weighted by Crippen LogP contribution is 2.24. The zero-order chi connectivity index (χ0) is 19.6. The van der Waals surface area contributed by atoms with Crippen molar-refractivity contribution >= 4 is 11.6 Å². The first kappa shape index (κ1) is 18.3. The summed E-state index contributed by atoms with van der Waals surface area (Å²) < 4.78 is 0. The molecule has 3 aromatic rings. The van der Waals surface area contributed by atoms with Gasteiger partial charge in [0.1, 0.15) is 5.82 Å². The van der Waals surface area contributed by atoms with E-state index in [4.69, 9.17) is 0 Å².